The van der Waals surface area contributed by atoms with Gasteiger partial charge in [-0.15, -0.1) is 0 Å². The van der Waals surface area contributed by atoms with Gasteiger partial charge < -0.3 is 9.47 Å². The Morgan fingerprint density at radius 1 is 1.00 bits per heavy atom. The Morgan fingerprint density at radius 3 is 2.19 bits per heavy atom. The van der Waals surface area contributed by atoms with Crippen molar-refractivity contribution in [3.8, 4) is 11.1 Å². The molecule has 4 nitrogen and oxygen atoms in total. The fourth-order valence-electron chi connectivity index (χ4n) is 4.41. The summed E-state index contributed by atoms with van der Waals surface area (Å²) >= 11 is 13.1. The van der Waals surface area contributed by atoms with Gasteiger partial charge in [0.05, 0.1) is 10.6 Å². The van der Waals surface area contributed by atoms with Crippen LogP contribution in [0.1, 0.15) is 64.5 Å². The molecule has 6 heteroatoms. The second kappa shape index (κ2) is 8.02. The highest BCUT2D eigenvalue weighted by molar-refractivity contribution is 6.39. The number of hydrogen-bond donors (Lipinski definition) is 0. The second-order valence-electron chi connectivity index (χ2n) is 9.42. The first-order valence-corrected chi connectivity index (χ1v) is 11.4. The van der Waals surface area contributed by atoms with Crippen LogP contribution in [0.2, 0.25) is 10.0 Å². The Bertz CT molecular complexity index is 1140. The summed E-state index contributed by atoms with van der Waals surface area (Å²) in [5, 5.41) is 1.08. The topological polar surface area (TPSA) is 52.6 Å². The van der Waals surface area contributed by atoms with Crippen LogP contribution in [-0.2, 0) is 19.1 Å². The molecule has 0 aromatic heterocycles. The summed E-state index contributed by atoms with van der Waals surface area (Å²) in [5.41, 5.74) is 1.51. The van der Waals surface area contributed by atoms with Crippen molar-refractivity contribution in [1.82, 2.24) is 0 Å². The molecule has 4 rings (SSSR count). The predicted molar refractivity (Wildman–Crippen MR) is 127 cm³/mol. The van der Waals surface area contributed by atoms with Crippen LogP contribution in [0.4, 0.5) is 0 Å². The maximum absolute atomic E-state index is 13.7. The third kappa shape index (κ3) is 4.12. The molecular formula is C26H26Cl2O4. The lowest BCUT2D eigenvalue weighted by Crippen LogP contribution is -2.50. The Balaban J connectivity index is 2.05. The molecule has 168 valence electrons. The third-order valence-corrected chi connectivity index (χ3v) is 6.55. The minimum Gasteiger partial charge on any atom is -0.427 e. The second-order valence-corrected chi connectivity index (χ2v) is 10.2. The van der Waals surface area contributed by atoms with Gasteiger partial charge in [0.25, 0.3) is 0 Å². The van der Waals surface area contributed by atoms with E-state index in [1.165, 1.54) is 6.92 Å². The average Bonchev–Trinajstić information content (AvgIpc) is 3.52. The molecule has 1 saturated carbocycles. The maximum atomic E-state index is 13.7. The van der Waals surface area contributed by atoms with E-state index in [9.17, 15) is 9.59 Å². The zero-order valence-corrected chi connectivity index (χ0v) is 20.4. The van der Waals surface area contributed by atoms with Gasteiger partial charge >= 0.3 is 5.97 Å². The van der Waals surface area contributed by atoms with Crippen LogP contribution in [0, 0.1) is 0 Å². The number of Topliss-reactive ketones (excluding diaryl/α,β-unsaturated/α-hetero) is 1. The van der Waals surface area contributed by atoms with E-state index in [0.29, 0.717) is 27.1 Å². The molecule has 0 unspecified atom stereocenters. The monoisotopic (exact) mass is 472 g/mol. The molecule has 0 N–H and O–H groups in total. The predicted octanol–water partition coefficient (Wildman–Crippen LogP) is 6.97. The van der Waals surface area contributed by atoms with E-state index < -0.39 is 17.2 Å². The van der Waals surface area contributed by atoms with Crippen molar-refractivity contribution in [2.24, 2.45) is 0 Å². The quantitative estimate of drug-likeness (QED) is 0.450. The normalized spacial score (nSPS) is 19.8. The van der Waals surface area contributed by atoms with Gasteiger partial charge in [-0.25, -0.2) is 0 Å². The summed E-state index contributed by atoms with van der Waals surface area (Å²) in [6.45, 7) is 8.38. The summed E-state index contributed by atoms with van der Waals surface area (Å²) in [7, 11) is 0. The molecule has 0 spiro atoms. The highest BCUT2D eigenvalue weighted by Gasteiger charge is 2.50. The summed E-state index contributed by atoms with van der Waals surface area (Å²) in [4.78, 5) is 25.7. The molecule has 0 radical (unpaired) electrons. The molecule has 1 heterocycles. The van der Waals surface area contributed by atoms with Crippen LogP contribution in [0.3, 0.4) is 0 Å². The largest absolute Gasteiger partial charge is 0.427 e. The molecule has 0 bridgehead atoms. The fraction of sp³-hybridized carbons (Fsp3) is 0.385. The van der Waals surface area contributed by atoms with Crippen molar-refractivity contribution in [1.29, 1.82) is 0 Å². The number of benzene rings is 2. The van der Waals surface area contributed by atoms with Gasteiger partial charge in [0.1, 0.15) is 11.2 Å². The lowest BCUT2D eigenvalue weighted by molar-refractivity contribution is -0.165. The number of halogens is 2. The number of carbonyl (C=O) groups is 2. The van der Waals surface area contributed by atoms with Crippen molar-refractivity contribution < 1.29 is 19.1 Å². The van der Waals surface area contributed by atoms with Crippen molar-refractivity contribution in [3.63, 3.8) is 0 Å². The maximum Gasteiger partial charge on any atom is 0.307 e. The van der Waals surface area contributed by atoms with Crippen molar-refractivity contribution in [2.45, 2.75) is 64.6 Å². The minimum atomic E-state index is -1.11. The van der Waals surface area contributed by atoms with Crippen LogP contribution in [0.5, 0.6) is 0 Å². The molecule has 2 aliphatic rings. The number of carbonyl (C=O) groups excluding carboxylic acids is 2. The Kier molecular flexibility index (Phi) is 5.77. The molecule has 1 fully saturated rings. The summed E-state index contributed by atoms with van der Waals surface area (Å²) < 4.78 is 11.7. The lowest BCUT2D eigenvalue weighted by atomic mass is 9.80. The van der Waals surface area contributed by atoms with Crippen molar-refractivity contribution in [3.05, 3.63) is 63.3 Å². The number of ketones is 1. The molecule has 0 atom stereocenters. The van der Waals surface area contributed by atoms with E-state index in [0.717, 1.165) is 29.5 Å². The van der Waals surface area contributed by atoms with Crippen molar-refractivity contribution in [2.75, 3.05) is 0 Å². The summed E-state index contributed by atoms with van der Waals surface area (Å²) in [6, 6.07) is 11.4. The third-order valence-electron chi connectivity index (χ3n) is 5.90. The van der Waals surface area contributed by atoms with Crippen LogP contribution in [0.15, 0.2) is 42.2 Å². The average molecular weight is 473 g/mol. The number of ether oxygens (including phenoxy) is 2. The Labute approximate surface area is 198 Å². The molecule has 32 heavy (non-hydrogen) atoms. The van der Waals surface area contributed by atoms with Crippen LogP contribution >= 0.6 is 23.2 Å². The summed E-state index contributed by atoms with van der Waals surface area (Å²) in [6.07, 6.45) is 2.05. The van der Waals surface area contributed by atoms with E-state index in [1.54, 1.807) is 39.8 Å². The van der Waals surface area contributed by atoms with Gasteiger partial charge in [0.2, 0.25) is 0 Å². The standard InChI is InChI=1S/C26H26Cl2O4/c1-14(29)31-24-21(23(30)25(2,3)32-26(24,4)5)20-18(15-6-7-15)12-13-19(22(20)28)16-8-10-17(27)11-9-16/h8-13,15H,6-7H2,1-5H3. The number of hydrogen-bond acceptors (Lipinski definition) is 4. The molecule has 1 aliphatic heterocycles. The first-order chi connectivity index (χ1) is 14.9. The van der Waals surface area contributed by atoms with E-state index in [-0.39, 0.29) is 11.5 Å². The smallest absolute Gasteiger partial charge is 0.307 e. The van der Waals surface area contributed by atoms with Gasteiger partial charge in [-0.1, -0.05) is 47.5 Å². The molecule has 1 aliphatic carbocycles. The van der Waals surface area contributed by atoms with Gasteiger partial charge in [0.15, 0.2) is 11.5 Å². The number of esters is 1. The zero-order chi connectivity index (χ0) is 23.4. The summed E-state index contributed by atoms with van der Waals surface area (Å²) in [5.74, 6) is -0.258. The van der Waals surface area contributed by atoms with Crippen LogP contribution in [-0.4, -0.2) is 23.0 Å². The van der Waals surface area contributed by atoms with E-state index >= 15 is 0 Å². The highest BCUT2D eigenvalue weighted by atomic mass is 35.5. The Morgan fingerprint density at radius 2 is 1.62 bits per heavy atom. The molecular weight excluding hydrogens is 447 g/mol. The number of rotatable bonds is 4. The van der Waals surface area contributed by atoms with E-state index in [4.69, 9.17) is 32.7 Å². The fourth-order valence-corrected chi connectivity index (χ4v) is 4.91. The van der Waals surface area contributed by atoms with Gasteiger partial charge in [-0.3, -0.25) is 9.59 Å². The first-order valence-electron chi connectivity index (χ1n) is 10.7. The van der Waals surface area contributed by atoms with E-state index in [2.05, 4.69) is 0 Å². The highest BCUT2D eigenvalue weighted by Crippen LogP contribution is 2.51. The first kappa shape index (κ1) is 23.0. The zero-order valence-electron chi connectivity index (χ0n) is 18.8. The van der Waals surface area contributed by atoms with Gasteiger partial charge in [0, 0.05) is 23.1 Å². The minimum absolute atomic E-state index is 0.200. The van der Waals surface area contributed by atoms with Gasteiger partial charge in [-0.2, -0.15) is 0 Å². The molecule has 0 amide bonds. The van der Waals surface area contributed by atoms with Crippen LogP contribution < -0.4 is 0 Å². The van der Waals surface area contributed by atoms with Crippen molar-refractivity contribution >= 4 is 40.5 Å². The SMILES string of the molecule is CC(=O)OC1=C(c2c(C3CC3)ccc(-c3ccc(Cl)cc3)c2Cl)C(=O)C(C)(C)OC1(C)C. The van der Waals surface area contributed by atoms with E-state index in [1.807, 2.05) is 24.3 Å². The Hall–Kier alpha value is -2.14. The molecule has 2 aromatic carbocycles. The van der Waals surface area contributed by atoms with Crippen LogP contribution in [0.25, 0.3) is 16.7 Å². The molecule has 0 saturated heterocycles. The molecule has 2 aromatic rings. The lowest BCUT2D eigenvalue weighted by Gasteiger charge is -2.42. The van der Waals surface area contributed by atoms with Gasteiger partial charge in [-0.05, 0) is 69.7 Å².